The second-order valence-corrected chi connectivity index (χ2v) is 5.12. The van der Waals surface area contributed by atoms with Crippen LogP contribution in [0.5, 0.6) is 0 Å². The van der Waals surface area contributed by atoms with Gasteiger partial charge < -0.3 is 15.3 Å². The number of nitro benzene ring substituents is 1. The normalized spacial score (nSPS) is 17.2. The van der Waals surface area contributed by atoms with Crippen molar-refractivity contribution in [2.75, 3.05) is 32.7 Å². The van der Waals surface area contributed by atoms with E-state index in [9.17, 15) is 15.2 Å². The number of nitrogens with one attached hydrogen (secondary N) is 1. The predicted molar refractivity (Wildman–Crippen MR) is 76.6 cm³/mol. The molecule has 1 saturated heterocycles. The molecule has 1 aromatic rings. The Morgan fingerprint density at radius 1 is 1.30 bits per heavy atom. The highest BCUT2D eigenvalue weighted by Crippen LogP contribution is 2.17. The third-order valence-corrected chi connectivity index (χ3v) is 3.63. The summed E-state index contributed by atoms with van der Waals surface area (Å²) in [5.74, 6) is 0. The lowest BCUT2D eigenvalue weighted by Crippen LogP contribution is -2.32. The van der Waals surface area contributed by atoms with Crippen LogP contribution < -0.4 is 5.32 Å². The van der Waals surface area contributed by atoms with Gasteiger partial charge in [0.15, 0.2) is 0 Å². The highest BCUT2D eigenvalue weighted by Gasteiger charge is 2.12. The molecule has 1 unspecified atom stereocenters. The molecule has 1 heterocycles. The highest BCUT2D eigenvalue weighted by molar-refractivity contribution is 5.33. The number of rotatable bonds is 7. The number of nitro groups is 1. The lowest BCUT2D eigenvalue weighted by molar-refractivity contribution is -0.384. The van der Waals surface area contributed by atoms with Gasteiger partial charge in [0.1, 0.15) is 0 Å². The molecule has 0 aromatic heterocycles. The van der Waals surface area contributed by atoms with Crippen LogP contribution in [0, 0.1) is 10.1 Å². The van der Waals surface area contributed by atoms with Crippen LogP contribution in [0.2, 0.25) is 0 Å². The maximum absolute atomic E-state index is 10.5. The molecule has 2 rings (SSSR count). The van der Waals surface area contributed by atoms with Crippen molar-refractivity contribution in [3.63, 3.8) is 0 Å². The van der Waals surface area contributed by atoms with Gasteiger partial charge in [-0.1, -0.05) is 0 Å². The molecule has 6 nitrogen and oxygen atoms in total. The summed E-state index contributed by atoms with van der Waals surface area (Å²) in [6, 6.07) is 6.04. The molecular weight excluding hydrogens is 258 g/mol. The molecule has 0 saturated carbocycles. The number of hydrogen-bond donors (Lipinski definition) is 2. The zero-order valence-corrected chi connectivity index (χ0v) is 11.5. The monoisotopic (exact) mass is 279 g/mol. The van der Waals surface area contributed by atoms with Crippen molar-refractivity contribution in [2.24, 2.45) is 0 Å². The fourth-order valence-corrected chi connectivity index (χ4v) is 2.42. The number of hydrogen-bond acceptors (Lipinski definition) is 5. The van der Waals surface area contributed by atoms with Crippen LogP contribution in [0.25, 0.3) is 0 Å². The van der Waals surface area contributed by atoms with Crippen molar-refractivity contribution in [1.82, 2.24) is 10.2 Å². The Labute approximate surface area is 118 Å². The number of aliphatic hydroxyl groups is 1. The van der Waals surface area contributed by atoms with Gasteiger partial charge in [0.05, 0.1) is 11.0 Å². The lowest BCUT2D eigenvalue weighted by Gasteiger charge is -2.16. The summed E-state index contributed by atoms with van der Waals surface area (Å²) in [7, 11) is 0. The molecule has 6 heteroatoms. The van der Waals surface area contributed by atoms with Crippen molar-refractivity contribution >= 4 is 5.69 Å². The Balaban J connectivity index is 1.70. The smallest absolute Gasteiger partial charge is 0.269 e. The first-order valence-electron chi connectivity index (χ1n) is 7.02. The van der Waals surface area contributed by atoms with Crippen LogP contribution in [0.15, 0.2) is 24.3 Å². The van der Waals surface area contributed by atoms with Crippen LogP contribution in [0.4, 0.5) is 5.69 Å². The van der Waals surface area contributed by atoms with Crippen LogP contribution >= 0.6 is 0 Å². The van der Waals surface area contributed by atoms with E-state index in [1.54, 1.807) is 12.1 Å². The molecule has 1 aliphatic heterocycles. The molecule has 1 atom stereocenters. The van der Waals surface area contributed by atoms with Gasteiger partial charge in [0.25, 0.3) is 5.69 Å². The summed E-state index contributed by atoms with van der Waals surface area (Å²) in [6.07, 6.45) is 1.94. The highest BCUT2D eigenvalue weighted by atomic mass is 16.6. The fraction of sp³-hybridized carbons (Fsp3) is 0.571. The van der Waals surface area contributed by atoms with E-state index in [-0.39, 0.29) is 5.69 Å². The first-order chi connectivity index (χ1) is 9.66. The van der Waals surface area contributed by atoms with Gasteiger partial charge in [-0.15, -0.1) is 0 Å². The van der Waals surface area contributed by atoms with Gasteiger partial charge in [-0.2, -0.15) is 0 Å². The summed E-state index contributed by atoms with van der Waals surface area (Å²) in [4.78, 5) is 12.5. The van der Waals surface area contributed by atoms with Crippen molar-refractivity contribution in [3.05, 3.63) is 39.9 Å². The van der Waals surface area contributed by atoms with E-state index in [0.717, 1.165) is 13.1 Å². The van der Waals surface area contributed by atoms with E-state index in [1.807, 2.05) is 0 Å². The molecule has 2 N–H and O–H groups in total. The Bertz CT molecular complexity index is 430. The number of likely N-dealkylation sites (tertiary alicyclic amines) is 1. The van der Waals surface area contributed by atoms with Gasteiger partial charge >= 0.3 is 0 Å². The Hall–Kier alpha value is -1.50. The average molecular weight is 279 g/mol. The summed E-state index contributed by atoms with van der Waals surface area (Å²) < 4.78 is 0. The van der Waals surface area contributed by atoms with E-state index < -0.39 is 11.0 Å². The molecule has 110 valence electrons. The van der Waals surface area contributed by atoms with E-state index in [2.05, 4.69) is 10.2 Å². The minimum atomic E-state index is -0.630. The fourth-order valence-electron chi connectivity index (χ4n) is 2.42. The van der Waals surface area contributed by atoms with Crippen LogP contribution in [-0.4, -0.2) is 47.7 Å². The predicted octanol–water partition coefficient (Wildman–Crippen LogP) is 1.31. The summed E-state index contributed by atoms with van der Waals surface area (Å²) in [6.45, 7) is 4.67. The quantitative estimate of drug-likeness (QED) is 0.447. The van der Waals surface area contributed by atoms with Crippen molar-refractivity contribution in [3.8, 4) is 0 Å². The van der Waals surface area contributed by atoms with Crippen LogP contribution in [0.3, 0.4) is 0 Å². The topological polar surface area (TPSA) is 78.6 Å². The minimum Gasteiger partial charge on any atom is -0.387 e. The van der Waals surface area contributed by atoms with Crippen LogP contribution in [-0.2, 0) is 0 Å². The molecule has 1 aliphatic rings. The Morgan fingerprint density at radius 3 is 2.55 bits per heavy atom. The van der Waals surface area contributed by atoms with Crippen molar-refractivity contribution in [2.45, 2.75) is 18.9 Å². The van der Waals surface area contributed by atoms with E-state index in [4.69, 9.17) is 0 Å². The number of nitrogens with zero attached hydrogens (tertiary/aromatic N) is 2. The van der Waals surface area contributed by atoms with E-state index in [0.29, 0.717) is 12.1 Å². The standard InChI is InChI=1S/C14H21N3O3/c18-14(11-15-7-10-16-8-1-2-9-16)12-3-5-13(6-4-12)17(19)20/h3-6,14-15,18H,1-2,7-11H2. The largest absolute Gasteiger partial charge is 0.387 e. The van der Waals surface area contributed by atoms with Crippen molar-refractivity contribution < 1.29 is 10.0 Å². The first-order valence-corrected chi connectivity index (χ1v) is 7.02. The molecule has 1 aromatic carbocycles. The lowest BCUT2D eigenvalue weighted by atomic mass is 10.1. The van der Waals surface area contributed by atoms with Crippen molar-refractivity contribution in [1.29, 1.82) is 0 Å². The molecule has 20 heavy (non-hydrogen) atoms. The Kier molecular flexibility index (Phi) is 5.46. The summed E-state index contributed by atoms with van der Waals surface area (Å²) in [5.41, 5.74) is 0.743. The molecule has 0 amide bonds. The number of benzene rings is 1. The maximum Gasteiger partial charge on any atom is 0.269 e. The molecule has 0 spiro atoms. The molecule has 0 aliphatic carbocycles. The van der Waals surface area contributed by atoms with Crippen LogP contribution in [0.1, 0.15) is 24.5 Å². The molecular formula is C14H21N3O3. The minimum absolute atomic E-state index is 0.0444. The number of aliphatic hydroxyl groups excluding tert-OH is 1. The molecule has 0 radical (unpaired) electrons. The zero-order valence-electron chi connectivity index (χ0n) is 11.5. The number of non-ortho nitro benzene ring substituents is 1. The molecule has 0 bridgehead atoms. The molecule has 1 fully saturated rings. The first kappa shape index (κ1) is 14.9. The second-order valence-electron chi connectivity index (χ2n) is 5.12. The van der Waals surface area contributed by atoms with E-state index in [1.165, 1.54) is 38.1 Å². The zero-order chi connectivity index (χ0) is 14.4. The second kappa shape index (κ2) is 7.33. The van der Waals surface area contributed by atoms with E-state index >= 15 is 0 Å². The summed E-state index contributed by atoms with van der Waals surface area (Å²) in [5, 5.41) is 23.8. The van der Waals surface area contributed by atoms with Gasteiger partial charge in [0, 0.05) is 31.8 Å². The third-order valence-electron chi connectivity index (χ3n) is 3.63. The third kappa shape index (κ3) is 4.26. The Morgan fingerprint density at radius 2 is 1.95 bits per heavy atom. The van der Waals surface area contributed by atoms with Gasteiger partial charge in [-0.3, -0.25) is 10.1 Å². The summed E-state index contributed by atoms with van der Waals surface area (Å²) >= 11 is 0. The maximum atomic E-state index is 10.5. The van der Waals surface area contributed by atoms with Gasteiger partial charge in [-0.25, -0.2) is 0 Å². The SMILES string of the molecule is O=[N+]([O-])c1ccc(C(O)CNCCN2CCCC2)cc1. The van der Waals surface area contributed by atoms with Gasteiger partial charge in [-0.05, 0) is 43.6 Å². The average Bonchev–Trinajstić information content (AvgIpc) is 2.96. The van der Waals surface area contributed by atoms with Gasteiger partial charge in [0.2, 0.25) is 0 Å².